The molecule has 0 bridgehead atoms. The van der Waals surface area contributed by atoms with E-state index >= 15 is 0 Å². The topological polar surface area (TPSA) is 105 Å². The molecule has 7 heteroatoms. The number of methoxy groups -OCH3 is 1. The zero-order valence-corrected chi connectivity index (χ0v) is 16.5. The second kappa shape index (κ2) is 10.1. The summed E-state index contributed by atoms with van der Waals surface area (Å²) < 4.78 is 5.11. The third-order valence-corrected chi connectivity index (χ3v) is 4.17. The Kier molecular flexibility index (Phi) is 7.54. The largest absolute Gasteiger partial charge is 0.497 e. The smallest absolute Gasteiger partial charge is 0.326 e. The minimum atomic E-state index is -1.15. The Morgan fingerprint density at radius 2 is 1.62 bits per heavy atom. The number of nitrogens with one attached hydrogen (secondary N) is 2. The molecule has 2 aromatic rings. The fourth-order valence-corrected chi connectivity index (χ4v) is 2.54. The molecule has 0 saturated carbocycles. The molecule has 152 valence electrons. The lowest BCUT2D eigenvalue weighted by atomic mass is 10.0. The monoisotopic (exact) mass is 396 g/mol. The highest BCUT2D eigenvalue weighted by Crippen LogP contribution is 2.14. The summed E-state index contributed by atoms with van der Waals surface area (Å²) in [5.74, 6) is -2.00. The van der Waals surface area contributed by atoms with Crippen LogP contribution in [-0.4, -0.2) is 36.0 Å². The van der Waals surface area contributed by atoms with Crippen LogP contribution < -0.4 is 15.4 Å². The molecule has 1 unspecified atom stereocenters. The van der Waals surface area contributed by atoms with Gasteiger partial charge in [-0.15, -0.1) is 0 Å². The van der Waals surface area contributed by atoms with Crippen molar-refractivity contribution >= 4 is 23.9 Å². The first-order valence-corrected chi connectivity index (χ1v) is 9.07. The predicted octanol–water partition coefficient (Wildman–Crippen LogP) is 2.69. The molecule has 0 saturated heterocycles. The lowest BCUT2D eigenvalue weighted by Gasteiger charge is -2.19. The van der Waals surface area contributed by atoms with Gasteiger partial charge in [0.2, 0.25) is 0 Å². The zero-order chi connectivity index (χ0) is 21.4. The van der Waals surface area contributed by atoms with Gasteiger partial charge in [0, 0.05) is 5.56 Å². The summed E-state index contributed by atoms with van der Waals surface area (Å²) >= 11 is 0. The van der Waals surface area contributed by atoms with E-state index in [1.165, 1.54) is 6.08 Å². The van der Waals surface area contributed by atoms with Crippen LogP contribution in [0.5, 0.6) is 5.75 Å². The van der Waals surface area contributed by atoms with Gasteiger partial charge in [-0.05, 0) is 41.8 Å². The average Bonchev–Trinajstić information content (AvgIpc) is 2.71. The Hall–Kier alpha value is -3.61. The molecule has 0 heterocycles. The number of carboxylic acid groups (broad SMARTS) is 1. The first-order valence-electron chi connectivity index (χ1n) is 9.07. The summed E-state index contributed by atoms with van der Waals surface area (Å²) in [6, 6.07) is 14.2. The number of rotatable bonds is 8. The van der Waals surface area contributed by atoms with Crippen LogP contribution in [0.1, 0.15) is 29.8 Å². The van der Waals surface area contributed by atoms with Crippen LogP contribution in [0, 0.1) is 5.92 Å². The van der Waals surface area contributed by atoms with Gasteiger partial charge < -0.3 is 20.5 Å². The van der Waals surface area contributed by atoms with Crippen molar-refractivity contribution in [1.29, 1.82) is 0 Å². The van der Waals surface area contributed by atoms with Gasteiger partial charge in [-0.25, -0.2) is 4.79 Å². The summed E-state index contributed by atoms with van der Waals surface area (Å²) in [4.78, 5) is 36.7. The Morgan fingerprint density at radius 1 is 1.00 bits per heavy atom. The van der Waals surface area contributed by atoms with Crippen molar-refractivity contribution in [2.24, 2.45) is 5.92 Å². The molecular formula is C22H24N2O5. The zero-order valence-electron chi connectivity index (χ0n) is 16.5. The van der Waals surface area contributed by atoms with E-state index in [1.54, 1.807) is 75.6 Å². The highest BCUT2D eigenvalue weighted by Gasteiger charge is 2.25. The van der Waals surface area contributed by atoms with E-state index in [1.807, 2.05) is 0 Å². The molecule has 0 aliphatic rings. The van der Waals surface area contributed by atoms with Crippen LogP contribution in [0.3, 0.4) is 0 Å². The summed E-state index contributed by atoms with van der Waals surface area (Å²) in [6.45, 7) is 3.38. The number of carboxylic acids is 1. The molecule has 0 radical (unpaired) electrons. The maximum atomic E-state index is 12.8. The molecule has 0 fully saturated rings. The van der Waals surface area contributed by atoms with Crippen molar-refractivity contribution in [1.82, 2.24) is 10.6 Å². The summed E-state index contributed by atoms with van der Waals surface area (Å²) in [5.41, 5.74) is 0.955. The third kappa shape index (κ3) is 6.21. The van der Waals surface area contributed by atoms with E-state index in [0.29, 0.717) is 16.9 Å². The normalized spacial score (nSPS) is 12.2. The van der Waals surface area contributed by atoms with Crippen LogP contribution in [0.4, 0.5) is 0 Å². The summed E-state index contributed by atoms with van der Waals surface area (Å²) in [6.07, 6.45) is 1.48. The molecule has 2 aromatic carbocycles. The summed E-state index contributed by atoms with van der Waals surface area (Å²) in [7, 11) is 1.54. The second-order valence-electron chi connectivity index (χ2n) is 6.68. The number of amides is 2. The first kappa shape index (κ1) is 21.7. The lowest BCUT2D eigenvalue weighted by molar-refractivity contribution is -0.142. The number of ether oxygens (including phenoxy) is 1. The minimum Gasteiger partial charge on any atom is -0.497 e. The van der Waals surface area contributed by atoms with Gasteiger partial charge >= 0.3 is 5.97 Å². The van der Waals surface area contributed by atoms with Gasteiger partial charge in [-0.1, -0.05) is 44.2 Å². The van der Waals surface area contributed by atoms with Crippen LogP contribution in [0.15, 0.2) is 60.3 Å². The van der Waals surface area contributed by atoms with Crippen molar-refractivity contribution in [3.05, 3.63) is 71.4 Å². The molecule has 29 heavy (non-hydrogen) atoms. The Bertz CT molecular complexity index is 889. The van der Waals surface area contributed by atoms with Crippen LogP contribution in [0.25, 0.3) is 6.08 Å². The van der Waals surface area contributed by atoms with Gasteiger partial charge in [0.15, 0.2) is 0 Å². The fraction of sp³-hybridized carbons (Fsp3) is 0.227. The number of carbonyl (C=O) groups is 3. The van der Waals surface area contributed by atoms with Gasteiger partial charge in [-0.2, -0.15) is 0 Å². The molecule has 2 rings (SSSR count). The minimum absolute atomic E-state index is 0.0593. The van der Waals surface area contributed by atoms with E-state index in [-0.39, 0.29) is 11.6 Å². The molecule has 0 spiro atoms. The predicted molar refractivity (Wildman–Crippen MR) is 109 cm³/mol. The van der Waals surface area contributed by atoms with Gasteiger partial charge in [0.25, 0.3) is 11.8 Å². The van der Waals surface area contributed by atoms with Gasteiger partial charge in [-0.3, -0.25) is 9.59 Å². The number of benzene rings is 2. The van der Waals surface area contributed by atoms with E-state index in [0.717, 1.165) is 0 Å². The number of hydrogen-bond donors (Lipinski definition) is 3. The number of hydrogen-bond acceptors (Lipinski definition) is 4. The van der Waals surface area contributed by atoms with E-state index in [2.05, 4.69) is 10.6 Å². The number of aliphatic carboxylic acids is 1. The lowest BCUT2D eigenvalue weighted by Crippen LogP contribution is -2.47. The fourth-order valence-electron chi connectivity index (χ4n) is 2.54. The highest BCUT2D eigenvalue weighted by molar-refractivity contribution is 6.06. The van der Waals surface area contributed by atoms with Crippen molar-refractivity contribution in [3.63, 3.8) is 0 Å². The first-order chi connectivity index (χ1) is 13.8. The van der Waals surface area contributed by atoms with Crippen LogP contribution in [0.2, 0.25) is 0 Å². The van der Waals surface area contributed by atoms with Crippen LogP contribution in [-0.2, 0) is 9.59 Å². The highest BCUT2D eigenvalue weighted by atomic mass is 16.5. The van der Waals surface area contributed by atoms with Gasteiger partial charge in [0.05, 0.1) is 7.11 Å². The molecule has 1 atom stereocenters. The Morgan fingerprint density at radius 3 is 2.14 bits per heavy atom. The van der Waals surface area contributed by atoms with Crippen LogP contribution >= 0.6 is 0 Å². The van der Waals surface area contributed by atoms with Crippen molar-refractivity contribution in [2.75, 3.05) is 7.11 Å². The Labute approximate surface area is 169 Å². The standard InChI is InChI=1S/C22H24N2O5/c1-14(2)19(22(27)28)24-21(26)18(13-15-9-11-17(29-3)12-10-15)23-20(25)16-7-5-4-6-8-16/h4-14,19H,1-3H3,(H,23,25)(H,24,26)(H,27,28). The molecular weight excluding hydrogens is 372 g/mol. The summed E-state index contributed by atoms with van der Waals surface area (Å²) in [5, 5.41) is 14.4. The van der Waals surface area contributed by atoms with E-state index < -0.39 is 23.8 Å². The molecule has 0 aliphatic heterocycles. The van der Waals surface area contributed by atoms with E-state index in [9.17, 15) is 19.5 Å². The second-order valence-corrected chi connectivity index (χ2v) is 6.68. The third-order valence-electron chi connectivity index (χ3n) is 4.17. The molecule has 0 aliphatic carbocycles. The van der Waals surface area contributed by atoms with Crippen molar-refractivity contribution in [3.8, 4) is 5.75 Å². The molecule has 0 aromatic heterocycles. The quantitative estimate of drug-likeness (QED) is 0.595. The van der Waals surface area contributed by atoms with Gasteiger partial charge in [0.1, 0.15) is 17.5 Å². The Balaban J connectivity index is 2.33. The molecule has 7 nitrogen and oxygen atoms in total. The van der Waals surface area contributed by atoms with Crippen molar-refractivity contribution < 1.29 is 24.2 Å². The maximum Gasteiger partial charge on any atom is 0.326 e. The SMILES string of the molecule is COc1ccc(C=C(NC(=O)c2ccccc2)C(=O)NC(C(=O)O)C(C)C)cc1. The molecule has 3 N–H and O–H groups in total. The van der Waals surface area contributed by atoms with Crippen molar-refractivity contribution in [2.45, 2.75) is 19.9 Å². The maximum absolute atomic E-state index is 12.8. The number of carbonyl (C=O) groups excluding carboxylic acids is 2. The average molecular weight is 396 g/mol. The molecule has 2 amide bonds. The van der Waals surface area contributed by atoms with E-state index in [4.69, 9.17) is 4.74 Å².